The van der Waals surface area contributed by atoms with Crippen molar-refractivity contribution in [2.45, 2.75) is 6.92 Å². The van der Waals surface area contributed by atoms with Crippen LogP contribution in [0, 0.1) is 12.7 Å². The third-order valence-electron chi connectivity index (χ3n) is 2.69. The second kappa shape index (κ2) is 5.27. The van der Waals surface area contributed by atoms with Gasteiger partial charge in [-0.1, -0.05) is 27.5 Å². The predicted molar refractivity (Wildman–Crippen MR) is 82.4 cm³/mol. The zero-order valence-electron chi connectivity index (χ0n) is 10.1. The van der Waals surface area contributed by atoms with Crippen molar-refractivity contribution in [1.29, 1.82) is 0 Å². The number of nitrogens with two attached hydrogens (primary N) is 2. The number of halogens is 3. The molecule has 0 radical (unpaired) electrons. The second-order valence-electron chi connectivity index (χ2n) is 4.15. The third-order valence-corrected chi connectivity index (χ3v) is 3.97. The number of nitrogen functional groups attached to an aromatic ring is 2. The summed E-state index contributed by atoms with van der Waals surface area (Å²) in [5, 5.41) is 2.78. The maximum Gasteiger partial charge on any atom is 0.169 e. The van der Waals surface area contributed by atoms with Gasteiger partial charge in [0.05, 0.1) is 17.1 Å². The Morgan fingerprint density at radius 3 is 2.53 bits per heavy atom. The van der Waals surface area contributed by atoms with Crippen LogP contribution in [0.25, 0.3) is 0 Å². The number of aryl methyl sites for hydroxylation is 1. The molecule has 0 atom stereocenters. The van der Waals surface area contributed by atoms with E-state index in [1.165, 1.54) is 6.07 Å². The first kappa shape index (κ1) is 14.0. The minimum Gasteiger partial charge on any atom is -0.397 e. The van der Waals surface area contributed by atoms with Crippen LogP contribution >= 0.6 is 27.5 Å². The molecule has 0 bridgehead atoms. The molecular formula is C13H12BrClFN3. The Labute approximate surface area is 123 Å². The van der Waals surface area contributed by atoms with E-state index in [4.69, 9.17) is 23.1 Å². The summed E-state index contributed by atoms with van der Waals surface area (Å²) in [5.74, 6) is -0.653. The molecule has 3 nitrogen and oxygen atoms in total. The Balaban J connectivity index is 2.43. The summed E-state index contributed by atoms with van der Waals surface area (Å²) >= 11 is 9.18. The molecule has 2 rings (SSSR count). The fraction of sp³-hybridized carbons (Fsp3) is 0.0769. The summed E-state index contributed by atoms with van der Waals surface area (Å²) in [6.07, 6.45) is 0. The second-order valence-corrected chi connectivity index (χ2v) is 5.38. The normalized spacial score (nSPS) is 10.5. The van der Waals surface area contributed by atoms with E-state index in [1.807, 2.05) is 19.1 Å². The van der Waals surface area contributed by atoms with E-state index in [9.17, 15) is 4.39 Å². The smallest absolute Gasteiger partial charge is 0.169 e. The lowest BCUT2D eigenvalue weighted by atomic mass is 10.2. The largest absolute Gasteiger partial charge is 0.397 e. The van der Waals surface area contributed by atoms with Gasteiger partial charge in [0.15, 0.2) is 5.82 Å². The molecule has 0 heterocycles. The molecule has 0 unspecified atom stereocenters. The fourth-order valence-electron chi connectivity index (χ4n) is 1.66. The summed E-state index contributed by atoms with van der Waals surface area (Å²) in [6, 6.07) is 6.97. The maximum atomic E-state index is 14.0. The van der Waals surface area contributed by atoms with Crippen molar-refractivity contribution in [3.63, 3.8) is 0 Å². The zero-order chi connectivity index (χ0) is 14.2. The Morgan fingerprint density at radius 1 is 1.21 bits per heavy atom. The molecule has 0 saturated heterocycles. The van der Waals surface area contributed by atoms with Gasteiger partial charge in [-0.25, -0.2) is 4.39 Å². The van der Waals surface area contributed by atoms with E-state index in [0.717, 1.165) is 10.0 Å². The Bertz CT molecular complexity index is 646. The quantitative estimate of drug-likeness (QED) is 0.705. The molecule has 5 N–H and O–H groups in total. The number of anilines is 4. The van der Waals surface area contributed by atoms with Crippen LogP contribution < -0.4 is 16.8 Å². The summed E-state index contributed by atoms with van der Waals surface area (Å²) in [6.45, 7) is 1.94. The number of hydrogen-bond acceptors (Lipinski definition) is 3. The van der Waals surface area contributed by atoms with Crippen molar-refractivity contribution in [1.82, 2.24) is 0 Å². The van der Waals surface area contributed by atoms with Crippen LogP contribution in [0.3, 0.4) is 0 Å². The van der Waals surface area contributed by atoms with Crippen molar-refractivity contribution < 1.29 is 4.39 Å². The van der Waals surface area contributed by atoms with Crippen LogP contribution in [0.1, 0.15) is 5.56 Å². The zero-order valence-corrected chi connectivity index (χ0v) is 12.4. The molecule has 19 heavy (non-hydrogen) atoms. The minimum absolute atomic E-state index is 0.120. The molecule has 0 aliphatic heterocycles. The first-order valence-corrected chi connectivity index (χ1v) is 6.63. The summed E-state index contributed by atoms with van der Waals surface area (Å²) in [5.41, 5.74) is 13.5. The van der Waals surface area contributed by atoms with Crippen LogP contribution in [-0.2, 0) is 0 Å². The van der Waals surface area contributed by atoms with Gasteiger partial charge in [0.25, 0.3) is 0 Å². The molecule has 0 aliphatic carbocycles. The van der Waals surface area contributed by atoms with Crippen molar-refractivity contribution in [2.75, 3.05) is 16.8 Å². The fourth-order valence-corrected chi connectivity index (χ4v) is 2.06. The van der Waals surface area contributed by atoms with Gasteiger partial charge in [-0.15, -0.1) is 0 Å². The van der Waals surface area contributed by atoms with Crippen LogP contribution in [-0.4, -0.2) is 0 Å². The highest BCUT2D eigenvalue weighted by Crippen LogP contribution is 2.35. The standard InChI is InChI=1S/C13H12BrClFN3/c1-6-4-7(2-3-8(6)14)19-13-10(18)5-9(17)11(15)12(13)16/h2-5,19H,17-18H2,1H3. The average molecular weight is 345 g/mol. The van der Waals surface area contributed by atoms with E-state index < -0.39 is 5.82 Å². The topological polar surface area (TPSA) is 64.1 Å². The van der Waals surface area contributed by atoms with Gasteiger partial charge < -0.3 is 16.8 Å². The summed E-state index contributed by atoms with van der Waals surface area (Å²) in [7, 11) is 0. The minimum atomic E-state index is -0.653. The van der Waals surface area contributed by atoms with Gasteiger partial charge in [-0.3, -0.25) is 0 Å². The summed E-state index contributed by atoms with van der Waals surface area (Å²) in [4.78, 5) is 0. The van der Waals surface area contributed by atoms with Crippen molar-refractivity contribution >= 4 is 50.3 Å². The molecule has 0 spiro atoms. The van der Waals surface area contributed by atoms with Crippen LogP contribution in [0.5, 0.6) is 0 Å². The first-order valence-electron chi connectivity index (χ1n) is 5.46. The molecule has 0 aromatic heterocycles. The Hall–Kier alpha value is -1.46. The highest BCUT2D eigenvalue weighted by atomic mass is 79.9. The highest BCUT2D eigenvalue weighted by molar-refractivity contribution is 9.10. The molecular weight excluding hydrogens is 333 g/mol. The number of rotatable bonds is 2. The SMILES string of the molecule is Cc1cc(Nc2c(N)cc(N)c(Cl)c2F)ccc1Br. The molecule has 0 saturated carbocycles. The van der Waals surface area contributed by atoms with Crippen LogP contribution in [0.4, 0.5) is 27.1 Å². The Kier molecular flexibility index (Phi) is 3.87. The number of nitrogens with one attached hydrogen (secondary N) is 1. The van der Waals surface area contributed by atoms with Gasteiger partial charge >= 0.3 is 0 Å². The molecule has 0 aliphatic rings. The van der Waals surface area contributed by atoms with Crippen molar-refractivity contribution in [3.8, 4) is 0 Å². The van der Waals surface area contributed by atoms with E-state index >= 15 is 0 Å². The lowest BCUT2D eigenvalue weighted by molar-refractivity contribution is 0.633. The van der Waals surface area contributed by atoms with Gasteiger partial charge in [0, 0.05) is 10.2 Å². The number of hydrogen-bond donors (Lipinski definition) is 3. The molecule has 0 fully saturated rings. The van der Waals surface area contributed by atoms with Crippen LogP contribution in [0.2, 0.25) is 5.02 Å². The van der Waals surface area contributed by atoms with Crippen molar-refractivity contribution in [3.05, 3.63) is 45.1 Å². The monoisotopic (exact) mass is 343 g/mol. The predicted octanol–water partition coefficient (Wildman–Crippen LogP) is 4.46. The average Bonchev–Trinajstić information content (AvgIpc) is 2.36. The van der Waals surface area contributed by atoms with E-state index in [1.54, 1.807) is 6.07 Å². The van der Waals surface area contributed by atoms with E-state index in [-0.39, 0.29) is 22.1 Å². The molecule has 6 heteroatoms. The highest BCUT2D eigenvalue weighted by Gasteiger charge is 2.14. The third kappa shape index (κ3) is 2.77. The first-order chi connectivity index (χ1) is 8.90. The maximum absolute atomic E-state index is 14.0. The lowest BCUT2D eigenvalue weighted by Crippen LogP contribution is -2.02. The van der Waals surface area contributed by atoms with E-state index in [0.29, 0.717) is 5.69 Å². The molecule has 100 valence electrons. The molecule has 0 amide bonds. The molecule has 2 aromatic carbocycles. The lowest BCUT2D eigenvalue weighted by Gasteiger charge is -2.13. The van der Waals surface area contributed by atoms with E-state index in [2.05, 4.69) is 21.2 Å². The molecule has 2 aromatic rings. The van der Waals surface area contributed by atoms with Gasteiger partial charge in [-0.05, 0) is 36.8 Å². The van der Waals surface area contributed by atoms with Crippen LogP contribution in [0.15, 0.2) is 28.7 Å². The Morgan fingerprint density at radius 2 is 1.89 bits per heavy atom. The van der Waals surface area contributed by atoms with Gasteiger partial charge in [0.1, 0.15) is 5.02 Å². The van der Waals surface area contributed by atoms with Gasteiger partial charge in [0.2, 0.25) is 0 Å². The van der Waals surface area contributed by atoms with Gasteiger partial charge in [-0.2, -0.15) is 0 Å². The number of benzene rings is 2. The van der Waals surface area contributed by atoms with Crippen molar-refractivity contribution in [2.24, 2.45) is 0 Å². The summed E-state index contributed by atoms with van der Waals surface area (Å²) < 4.78 is 15.0.